The monoisotopic (exact) mass is 526 g/mol. The van der Waals surface area contributed by atoms with Crippen LogP contribution in [0.1, 0.15) is 25.8 Å². The molecule has 30 heavy (non-hydrogen) atoms. The minimum atomic E-state index is -0.0926. The van der Waals surface area contributed by atoms with Crippen molar-refractivity contribution in [2.45, 2.75) is 26.8 Å². The third kappa shape index (κ3) is 9.93. The fraction of sp³-hybridized carbons (Fsp3) is 0.364. The quantitative estimate of drug-likeness (QED) is 0.187. The number of rotatable bonds is 10. The topological polar surface area (TPSA) is 84.0 Å². The minimum absolute atomic E-state index is 0. The summed E-state index contributed by atoms with van der Waals surface area (Å²) in [5, 5.41) is 9.33. The molecule has 0 aliphatic rings. The summed E-state index contributed by atoms with van der Waals surface area (Å²) in [6.45, 7) is 6.02. The summed E-state index contributed by atoms with van der Waals surface area (Å²) in [5.74, 6) is 1.38. The van der Waals surface area contributed by atoms with E-state index in [9.17, 15) is 4.79 Å². The van der Waals surface area contributed by atoms with Crippen LogP contribution in [0.4, 0.5) is 11.4 Å². The van der Waals surface area contributed by atoms with Crippen LogP contribution < -0.4 is 20.7 Å². The van der Waals surface area contributed by atoms with Gasteiger partial charge in [-0.15, -0.1) is 24.0 Å². The van der Waals surface area contributed by atoms with Crippen molar-refractivity contribution in [2.75, 3.05) is 37.5 Å². The smallest absolute Gasteiger partial charge is 0.221 e. The average Bonchev–Trinajstić information content (AvgIpc) is 2.70. The molecule has 3 N–H and O–H groups in total. The molecule has 0 saturated carbocycles. The second-order valence-electron chi connectivity index (χ2n) is 6.42. The zero-order chi connectivity index (χ0) is 20.9. The summed E-state index contributed by atoms with van der Waals surface area (Å²) in [4.78, 5) is 15.9. The number of hydrogen-bond donors (Lipinski definition) is 3. The van der Waals surface area contributed by atoms with Crippen LogP contribution in [0.2, 0.25) is 0 Å². The summed E-state index contributed by atoms with van der Waals surface area (Å²) in [6.07, 6.45) is 0.843. The van der Waals surface area contributed by atoms with Crippen LogP contribution in [0.5, 0.6) is 5.75 Å². The van der Waals surface area contributed by atoms with Crippen molar-refractivity contribution in [2.24, 2.45) is 4.99 Å². The first-order valence-corrected chi connectivity index (χ1v) is 9.74. The third-order valence-electron chi connectivity index (χ3n) is 3.87. The highest BCUT2D eigenvalue weighted by atomic mass is 127. The first kappa shape index (κ1) is 25.7. The van der Waals surface area contributed by atoms with Crippen molar-refractivity contribution in [1.82, 2.24) is 5.32 Å². The maximum atomic E-state index is 11.2. The molecule has 2 rings (SSSR count). The molecule has 0 aliphatic carbocycles. The highest BCUT2D eigenvalue weighted by molar-refractivity contribution is 14.0. The van der Waals surface area contributed by atoms with Gasteiger partial charge in [0.15, 0.2) is 5.96 Å². The molecule has 0 aromatic heterocycles. The van der Waals surface area contributed by atoms with E-state index in [2.05, 4.69) is 20.9 Å². The lowest BCUT2D eigenvalue weighted by Crippen LogP contribution is -2.30. The van der Waals surface area contributed by atoms with Gasteiger partial charge in [-0.2, -0.15) is 0 Å². The number of nitrogens with zero attached hydrogens (tertiary/aromatic N) is 1. The van der Waals surface area contributed by atoms with E-state index in [1.54, 1.807) is 7.11 Å². The number of halogens is 1. The lowest BCUT2D eigenvalue weighted by Gasteiger charge is -2.13. The number of ether oxygens (including phenoxy) is 2. The van der Waals surface area contributed by atoms with E-state index in [-0.39, 0.29) is 29.9 Å². The molecule has 0 spiro atoms. The van der Waals surface area contributed by atoms with Crippen LogP contribution in [0.25, 0.3) is 0 Å². The molecular weight excluding hydrogens is 495 g/mol. The number of guanidine groups is 1. The van der Waals surface area contributed by atoms with Gasteiger partial charge in [0.2, 0.25) is 5.91 Å². The van der Waals surface area contributed by atoms with Gasteiger partial charge in [0, 0.05) is 51.0 Å². The van der Waals surface area contributed by atoms with E-state index < -0.39 is 0 Å². The molecular formula is C22H31IN4O3. The predicted molar refractivity (Wildman–Crippen MR) is 133 cm³/mol. The molecule has 0 fully saturated rings. The van der Waals surface area contributed by atoms with Gasteiger partial charge in [0.25, 0.3) is 0 Å². The number of carbonyl (C=O) groups is 1. The van der Waals surface area contributed by atoms with Crippen LogP contribution in [0.15, 0.2) is 53.5 Å². The largest absolute Gasteiger partial charge is 0.493 e. The molecule has 0 saturated heterocycles. The van der Waals surface area contributed by atoms with Crippen molar-refractivity contribution in [1.29, 1.82) is 0 Å². The number of aliphatic imine (C=N–C) groups is 1. The van der Waals surface area contributed by atoms with Crippen LogP contribution in [-0.2, 0) is 16.1 Å². The van der Waals surface area contributed by atoms with Gasteiger partial charge in [0.1, 0.15) is 5.75 Å². The number of amides is 1. The molecule has 7 nitrogen and oxygen atoms in total. The Hall–Kier alpha value is -2.33. The van der Waals surface area contributed by atoms with E-state index >= 15 is 0 Å². The fourth-order valence-corrected chi connectivity index (χ4v) is 2.62. The van der Waals surface area contributed by atoms with E-state index in [1.807, 2.05) is 55.5 Å². The van der Waals surface area contributed by atoms with Crippen molar-refractivity contribution in [3.05, 3.63) is 54.1 Å². The van der Waals surface area contributed by atoms with Gasteiger partial charge < -0.3 is 25.4 Å². The fourth-order valence-electron chi connectivity index (χ4n) is 2.62. The minimum Gasteiger partial charge on any atom is -0.493 e. The highest BCUT2D eigenvalue weighted by Crippen LogP contribution is 2.18. The summed E-state index contributed by atoms with van der Waals surface area (Å²) in [5.41, 5.74) is 2.66. The van der Waals surface area contributed by atoms with Crippen molar-refractivity contribution < 1.29 is 14.3 Å². The lowest BCUT2D eigenvalue weighted by atomic mass is 10.2. The number of carbonyl (C=O) groups excluding carboxylic acids is 1. The molecule has 0 unspecified atom stereocenters. The van der Waals surface area contributed by atoms with Gasteiger partial charge >= 0.3 is 0 Å². The molecule has 8 heteroatoms. The van der Waals surface area contributed by atoms with E-state index in [1.165, 1.54) is 6.92 Å². The average molecular weight is 526 g/mol. The summed E-state index contributed by atoms with van der Waals surface area (Å²) >= 11 is 0. The van der Waals surface area contributed by atoms with Gasteiger partial charge in [-0.25, -0.2) is 4.99 Å². The predicted octanol–water partition coefficient (Wildman–Crippen LogP) is 4.26. The Morgan fingerprint density at radius 2 is 1.77 bits per heavy atom. The van der Waals surface area contributed by atoms with E-state index in [4.69, 9.17) is 9.47 Å². The van der Waals surface area contributed by atoms with Crippen LogP contribution >= 0.6 is 24.0 Å². The maximum absolute atomic E-state index is 11.2. The van der Waals surface area contributed by atoms with Crippen molar-refractivity contribution in [3.63, 3.8) is 0 Å². The maximum Gasteiger partial charge on any atom is 0.221 e. The van der Waals surface area contributed by atoms with Gasteiger partial charge in [0.05, 0.1) is 13.2 Å². The second kappa shape index (κ2) is 14.6. The molecule has 0 heterocycles. The number of anilines is 2. The third-order valence-corrected chi connectivity index (χ3v) is 3.87. The van der Waals surface area contributed by atoms with Crippen LogP contribution in [0, 0.1) is 0 Å². The Kier molecular flexibility index (Phi) is 12.5. The van der Waals surface area contributed by atoms with Crippen LogP contribution in [-0.4, -0.2) is 38.7 Å². The molecule has 2 aromatic rings. The SMILES string of the molecule is CCNC(=NCc1cccc(NC(C)=O)c1)Nc1cccc(OCCCOC)c1.I. The van der Waals surface area contributed by atoms with Crippen LogP contribution in [0.3, 0.4) is 0 Å². The Morgan fingerprint density at radius 1 is 1.03 bits per heavy atom. The molecule has 0 aliphatic heterocycles. The lowest BCUT2D eigenvalue weighted by molar-refractivity contribution is -0.114. The Morgan fingerprint density at radius 3 is 2.47 bits per heavy atom. The first-order chi connectivity index (χ1) is 14.1. The zero-order valence-corrected chi connectivity index (χ0v) is 20.1. The highest BCUT2D eigenvalue weighted by Gasteiger charge is 2.03. The summed E-state index contributed by atoms with van der Waals surface area (Å²) in [6, 6.07) is 15.4. The first-order valence-electron chi connectivity index (χ1n) is 9.74. The van der Waals surface area contributed by atoms with Crippen molar-refractivity contribution in [3.8, 4) is 5.75 Å². The normalized spacial score (nSPS) is 10.7. The molecule has 0 radical (unpaired) electrons. The van der Waals surface area contributed by atoms with Gasteiger partial charge in [-0.1, -0.05) is 18.2 Å². The van der Waals surface area contributed by atoms with Gasteiger partial charge in [-0.05, 0) is 36.8 Å². The molecule has 0 atom stereocenters. The number of hydrogen-bond acceptors (Lipinski definition) is 4. The number of methoxy groups -OCH3 is 1. The molecule has 1 amide bonds. The van der Waals surface area contributed by atoms with Crippen molar-refractivity contribution >= 4 is 47.2 Å². The Balaban J connectivity index is 0.00000450. The van der Waals surface area contributed by atoms with E-state index in [0.717, 1.165) is 35.7 Å². The zero-order valence-electron chi connectivity index (χ0n) is 17.7. The summed E-state index contributed by atoms with van der Waals surface area (Å²) < 4.78 is 10.8. The van der Waals surface area contributed by atoms with Gasteiger partial charge in [-0.3, -0.25) is 4.79 Å². The molecule has 0 bridgehead atoms. The Bertz CT molecular complexity index is 814. The number of benzene rings is 2. The Labute approximate surface area is 195 Å². The summed E-state index contributed by atoms with van der Waals surface area (Å²) in [7, 11) is 1.68. The molecule has 2 aromatic carbocycles. The standard InChI is InChI=1S/C22H30N4O3.HI/c1-4-23-22(24-16-18-8-5-9-19(14-18)25-17(2)27)26-20-10-6-11-21(15-20)29-13-7-12-28-3;/h5-6,8-11,14-15H,4,7,12-13,16H2,1-3H3,(H,25,27)(H2,23,24,26);1H. The molecule has 164 valence electrons. The number of nitrogens with one attached hydrogen (secondary N) is 3. The second-order valence-corrected chi connectivity index (χ2v) is 6.42. The van der Waals surface area contributed by atoms with E-state index in [0.29, 0.717) is 25.7 Å².